The molecule has 1 aromatic heterocycles. The van der Waals surface area contributed by atoms with E-state index in [1.165, 1.54) is 12.3 Å². The molecule has 5 heteroatoms. The summed E-state index contributed by atoms with van der Waals surface area (Å²) in [5.41, 5.74) is -0.0435. The van der Waals surface area contributed by atoms with Gasteiger partial charge in [-0.3, -0.25) is 4.98 Å². The van der Waals surface area contributed by atoms with E-state index in [1.807, 2.05) is 0 Å². The van der Waals surface area contributed by atoms with Crippen LogP contribution < -0.4 is 5.32 Å². The van der Waals surface area contributed by atoms with Crippen molar-refractivity contribution < 1.29 is 13.2 Å². The maximum absolute atomic E-state index is 12.1. The number of pyridine rings is 1. The molecule has 1 aromatic rings. The second-order valence-corrected chi connectivity index (χ2v) is 2.90. The van der Waals surface area contributed by atoms with Gasteiger partial charge in [0.15, 0.2) is 0 Å². The minimum absolute atomic E-state index is 0.682. The van der Waals surface area contributed by atoms with Crippen molar-refractivity contribution in [3.63, 3.8) is 0 Å². The van der Waals surface area contributed by atoms with E-state index >= 15 is 0 Å². The van der Waals surface area contributed by atoms with Gasteiger partial charge in [0.25, 0.3) is 0 Å². The first kappa shape index (κ1) is 11.0. The molecule has 0 bridgehead atoms. The first-order valence-electron chi connectivity index (χ1n) is 4.21. The second-order valence-electron chi connectivity index (χ2n) is 2.90. The molecule has 0 aliphatic carbocycles. The molecule has 78 valence electrons. The molecule has 0 atom stereocenters. The van der Waals surface area contributed by atoms with Crippen LogP contribution in [0.25, 0.3) is 0 Å². The molecule has 0 aliphatic rings. The summed E-state index contributed by atoms with van der Waals surface area (Å²) in [6.45, 7) is 0.729. The number of halogens is 3. The molecule has 0 saturated carbocycles. The third kappa shape index (κ3) is 2.99. The molecule has 0 amide bonds. The van der Waals surface area contributed by atoms with Gasteiger partial charge in [0, 0.05) is 6.20 Å². The van der Waals surface area contributed by atoms with Crippen LogP contribution in [-0.4, -0.2) is 18.6 Å². The SMILES string of the molecule is CNCCc1ccc(C(F)(F)F)nc1. The Labute approximate surface area is 80.2 Å². The minimum Gasteiger partial charge on any atom is -0.319 e. The zero-order valence-corrected chi connectivity index (χ0v) is 7.73. The van der Waals surface area contributed by atoms with Gasteiger partial charge < -0.3 is 5.32 Å². The third-order valence-corrected chi connectivity index (χ3v) is 1.78. The molecule has 14 heavy (non-hydrogen) atoms. The van der Waals surface area contributed by atoms with Gasteiger partial charge >= 0.3 is 6.18 Å². The molecule has 1 N–H and O–H groups in total. The van der Waals surface area contributed by atoms with E-state index in [1.54, 1.807) is 7.05 Å². The summed E-state index contributed by atoms with van der Waals surface area (Å²) in [5, 5.41) is 2.91. The van der Waals surface area contributed by atoms with Crippen LogP contribution in [0.1, 0.15) is 11.3 Å². The van der Waals surface area contributed by atoms with Crippen molar-refractivity contribution in [1.82, 2.24) is 10.3 Å². The fraction of sp³-hybridized carbons (Fsp3) is 0.444. The summed E-state index contributed by atoms with van der Waals surface area (Å²) in [4.78, 5) is 3.35. The number of hydrogen-bond donors (Lipinski definition) is 1. The molecule has 0 aliphatic heterocycles. The smallest absolute Gasteiger partial charge is 0.319 e. The highest BCUT2D eigenvalue weighted by Gasteiger charge is 2.31. The van der Waals surface area contributed by atoms with Crippen LogP contribution in [0.5, 0.6) is 0 Å². The van der Waals surface area contributed by atoms with Crippen molar-refractivity contribution in [3.05, 3.63) is 29.6 Å². The fourth-order valence-electron chi connectivity index (χ4n) is 1.01. The monoisotopic (exact) mass is 204 g/mol. The normalized spacial score (nSPS) is 11.7. The van der Waals surface area contributed by atoms with Gasteiger partial charge in [-0.2, -0.15) is 13.2 Å². The first-order valence-corrected chi connectivity index (χ1v) is 4.21. The fourth-order valence-corrected chi connectivity index (χ4v) is 1.01. The Morgan fingerprint density at radius 1 is 1.36 bits per heavy atom. The maximum atomic E-state index is 12.1. The molecule has 0 spiro atoms. The first-order chi connectivity index (χ1) is 6.54. The summed E-state index contributed by atoms with van der Waals surface area (Å²) < 4.78 is 36.3. The largest absolute Gasteiger partial charge is 0.433 e. The average molecular weight is 204 g/mol. The van der Waals surface area contributed by atoms with Gasteiger partial charge in [-0.1, -0.05) is 6.07 Å². The molecule has 0 radical (unpaired) electrons. The predicted molar refractivity (Wildman–Crippen MR) is 46.9 cm³/mol. The van der Waals surface area contributed by atoms with Crippen LogP contribution in [-0.2, 0) is 12.6 Å². The van der Waals surface area contributed by atoms with E-state index in [0.29, 0.717) is 6.42 Å². The van der Waals surface area contributed by atoms with Gasteiger partial charge in [-0.05, 0) is 31.6 Å². The Morgan fingerprint density at radius 3 is 2.50 bits per heavy atom. The number of alkyl halides is 3. The summed E-state index contributed by atoms with van der Waals surface area (Å²) in [6, 6.07) is 2.46. The van der Waals surface area contributed by atoms with Crippen LogP contribution in [0, 0.1) is 0 Å². The quantitative estimate of drug-likeness (QED) is 0.812. The van der Waals surface area contributed by atoms with Crippen LogP contribution in [0.2, 0.25) is 0 Å². The highest BCUT2D eigenvalue weighted by atomic mass is 19.4. The number of rotatable bonds is 3. The minimum atomic E-state index is -4.35. The van der Waals surface area contributed by atoms with E-state index in [0.717, 1.165) is 18.2 Å². The lowest BCUT2D eigenvalue weighted by atomic mass is 10.2. The van der Waals surface area contributed by atoms with E-state index in [2.05, 4.69) is 10.3 Å². The Hall–Kier alpha value is -1.10. The van der Waals surface area contributed by atoms with Crippen molar-refractivity contribution in [2.75, 3.05) is 13.6 Å². The molecule has 1 rings (SSSR count). The zero-order valence-electron chi connectivity index (χ0n) is 7.73. The molecule has 0 aromatic carbocycles. The van der Waals surface area contributed by atoms with Gasteiger partial charge in [-0.15, -0.1) is 0 Å². The van der Waals surface area contributed by atoms with Crippen molar-refractivity contribution in [2.24, 2.45) is 0 Å². The Kier molecular flexibility index (Phi) is 3.46. The Balaban J connectivity index is 2.69. The van der Waals surface area contributed by atoms with Gasteiger partial charge in [-0.25, -0.2) is 0 Å². The average Bonchev–Trinajstić information content (AvgIpc) is 2.14. The van der Waals surface area contributed by atoms with Gasteiger partial charge in [0.2, 0.25) is 0 Å². The molecular formula is C9H11F3N2. The molecular weight excluding hydrogens is 193 g/mol. The number of aromatic nitrogens is 1. The summed E-state index contributed by atoms with van der Waals surface area (Å²) in [6.07, 6.45) is -2.40. The van der Waals surface area contributed by atoms with Crippen molar-refractivity contribution in [2.45, 2.75) is 12.6 Å². The topological polar surface area (TPSA) is 24.9 Å². The summed E-state index contributed by atoms with van der Waals surface area (Å²) >= 11 is 0. The third-order valence-electron chi connectivity index (χ3n) is 1.78. The Morgan fingerprint density at radius 2 is 2.07 bits per heavy atom. The van der Waals surface area contributed by atoms with E-state index in [9.17, 15) is 13.2 Å². The number of likely N-dealkylation sites (N-methyl/N-ethyl adjacent to an activating group) is 1. The standard InChI is InChI=1S/C9H11F3N2/c1-13-5-4-7-2-3-8(14-6-7)9(10,11)12/h2-3,6,13H,4-5H2,1H3. The van der Waals surface area contributed by atoms with Gasteiger partial charge in [0.1, 0.15) is 5.69 Å². The van der Waals surface area contributed by atoms with Crippen molar-refractivity contribution in [1.29, 1.82) is 0 Å². The van der Waals surface area contributed by atoms with E-state index in [4.69, 9.17) is 0 Å². The van der Waals surface area contributed by atoms with Gasteiger partial charge in [0.05, 0.1) is 0 Å². The van der Waals surface area contributed by atoms with Crippen LogP contribution in [0.3, 0.4) is 0 Å². The number of hydrogen-bond acceptors (Lipinski definition) is 2. The number of nitrogens with zero attached hydrogens (tertiary/aromatic N) is 1. The lowest BCUT2D eigenvalue weighted by Gasteiger charge is -2.06. The summed E-state index contributed by atoms with van der Waals surface area (Å²) in [7, 11) is 1.79. The van der Waals surface area contributed by atoms with E-state index < -0.39 is 11.9 Å². The highest BCUT2D eigenvalue weighted by molar-refractivity contribution is 5.16. The Bertz CT molecular complexity index is 279. The maximum Gasteiger partial charge on any atom is 0.433 e. The summed E-state index contributed by atoms with van der Waals surface area (Å²) in [5.74, 6) is 0. The molecule has 2 nitrogen and oxygen atoms in total. The predicted octanol–water partition coefficient (Wildman–Crippen LogP) is 1.86. The molecule has 0 saturated heterocycles. The van der Waals surface area contributed by atoms with Crippen molar-refractivity contribution >= 4 is 0 Å². The zero-order chi connectivity index (χ0) is 10.6. The lowest BCUT2D eigenvalue weighted by Crippen LogP contribution is -2.11. The van der Waals surface area contributed by atoms with Crippen LogP contribution >= 0.6 is 0 Å². The lowest BCUT2D eigenvalue weighted by molar-refractivity contribution is -0.141. The number of nitrogens with one attached hydrogen (secondary N) is 1. The van der Waals surface area contributed by atoms with Crippen LogP contribution in [0.4, 0.5) is 13.2 Å². The second kappa shape index (κ2) is 4.41. The molecule has 1 heterocycles. The molecule has 0 fully saturated rings. The van der Waals surface area contributed by atoms with Crippen LogP contribution in [0.15, 0.2) is 18.3 Å². The highest BCUT2D eigenvalue weighted by Crippen LogP contribution is 2.27. The molecule has 0 unspecified atom stereocenters. The van der Waals surface area contributed by atoms with Crippen molar-refractivity contribution in [3.8, 4) is 0 Å². The van der Waals surface area contributed by atoms with E-state index in [-0.39, 0.29) is 0 Å².